The molecule has 0 radical (unpaired) electrons. The Morgan fingerprint density at radius 3 is 2.79 bits per heavy atom. The van der Waals surface area contributed by atoms with Crippen LogP contribution in [-0.2, 0) is 0 Å². The monoisotopic (exact) mass is 273 g/mol. The highest BCUT2D eigenvalue weighted by Gasteiger charge is 2.07. The number of aromatic nitrogens is 4. The van der Waals surface area contributed by atoms with Crippen molar-refractivity contribution < 1.29 is 0 Å². The first kappa shape index (κ1) is 9.42. The van der Waals surface area contributed by atoms with Gasteiger partial charge >= 0.3 is 0 Å². The molecule has 0 aliphatic rings. The molecule has 7 heteroatoms. The molecule has 0 bridgehead atoms. The fourth-order valence-corrected chi connectivity index (χ4v) is 1.87. The molecule has 14 heavy (non-hydrogen) atoms. The minimum absolute atomic E-state index is 0.230. The molecule has 0 saturated carbocycles. The van der Waals surface area contributed by atoms with Crippen LogP contribution in [0.2, 0.25) is 5.02 Å². The molecule has 72 valence electrons. The van der Waals surface area contributed by atoms with Gasteiger partial charge in [0.15, 0.2) is 0 Å². The van der Waals surface area contributed by atoms with E-state index in [1.54, 1.807) is 18.2 Å². The summed E-state index contributed by atoms with van der Waals surface area (Å²) in [6, 6.07) is 5.26. The highest BCUT2D eigenvalue weighted by atomic mass is 79.9. The maximum atomic E-state index is 5.80. The number of benzene rings is 1. The predicted octanol–water partition coefficient (Wildman–Crippen LogP) is 1.66. The van der Waals surface area contributed by atoms with Crippen LogP contribution in [0.15, 0.2) is 22.7 Å². The molecule has 0 aliphatic heterocycles. The van der Waals surface area contributed by atoms with E-state index in [4.69, 9.17) is 17.3 Å². The van der Waals surface area contributed by atoms with Crippen LogP contribution in [0.3, 0.4) is 0 Å². The zero-order valence-corrected chi connectivity index (χ0v) is 9.20. The Balaban J connectivity index is 2.58. The van der Waals surface area contributed by atoms with Gasteiger partial charge in [-0.3, -0.25) is 0 Å². The molecule has 0 aliphatic carbocycles. The molecule has 2 rings (SSSR count). The molecule has 0 amide bonds. The van der Waals surface area contributed by atoms with Gasteiger partial charge in [0.05, 0.1) is 5.69 Å². The third-order valence-electron chi connectivity index (χ3n) is 1.63. The topological polar surface area (TPSA) is 69.6 Å². The van der Waals surface area contributed by atoms with Gasteiger partial charge in [-0.05, 0) is 44.6 Å². The Labute approximate surface area is 93.0 Å². The predicted molar refractivity (Wildman–Crippen MR) is 56.3 cm³/mol. The summed E-state index contributed by atoms with van der Waals surface area (Å²) in [5.41, 5.74) is 6.30. The van der Waals surface area contributed by atoms with Gasteiger partial charge in [-0.15, -0.1) is 0 Å². The lowest BCUT2D eigenvalue weighted by atomic mass is 10.3. The lowest BCUT2D eigenvalue weighted by Gasteiger charge is -2.03. The van der Waals surface area contributed by atoms with Crippen molar-refractivity contribution in [3.8, 4) is 5.69 Å². The Bertz CT molecular complexity index is 469. The van der Waals surface area contributed by atoms with Crippen LogP contribution in [0.1, 0.15) is 0 Å². The van der Waals surface area contributed by atoms with Gasteiger partial charge in [-0.25, -0.2) is 0 Å². The molecule has 0 spiro atoms. The Kier molecular flexibility index (Phi) is 2.39. The van der Waals surface area contributed by atoms with E-state index >= 15 is 0 Å². The summed E-state index contributed by atoms with van der Waals surface area (Å²) in [6.07, 6.45) is 0. The van der Waals surface area contributed by atoms with Gasteiger partial charge in [0, 0.05) is 9.50 Å². The quantitative estimate of drug-likeness (QED) is 0.858. The van der Waals surface area contributed by atoms with Crippen LogP contribution >= 0.6 is 27.5 Å². The lowest BCUT2D eigenvalue weighted by Crippen LogP contribution is -2.03. The van der Waals surface area contributed by atoms with Crippen LogP contribution in [0.4, 0.5) is 5.95 Å². The summed E-state index contributed by atoms with van der Waals surface area (Å²) in [7, 11) is 0. The second kappa shape index (κ2) is 3.55. The summed E-state index contributed by atoms with van der Waals surface area (Å²) in [6.45, 7) is 0. The molecule has 0 atom stereocenters. The molecule has 1 aromatic carbocycles. The Morgan fingerprint density at radius 2 is 2.21 bits per heavy atom. The third kappa shape index (κ3) is 1.58. The number of hydrogen-bond acceptors (Lipinski definition) is 4. The molecule has 0 unspecified atom stereocenters. The summed E-state index contributed by atoms with van der Waals surface area (Å²) in [4.78, 5) is 0. The minimum atomic E-state index is 0.230. The second-order valence-corrected chi connectivity index (χ2v) is 3.84. The molecular formula is C7H5BrClN5. The first-order chi connectivity index (χ1) is 6.68. The highest BCUT2D eigenvalue weighted by molar-refractivity contribution is 9.10. The first-order valence-corrected chi connectivity index (χ1v) is 4.85. The standard InChI is InChI=1S/C7H5BrClN5/c8-5-3-4(9)1-2-6(5)14-7(10)11-12-13-14/h1-3H,(H2,10,11,13). The van der Waals surface area contributed by atoms with Gasteiger partial charge in [-0.1, -0.05) is 16.7 Å². The third-order valence-corrected chi connectivity index (χ3v) is 2.50. The normalized spacial score (nSPS) is 10.4. The van der Waals surface area contributed by atoms with E-state index in [1.165, 1.54) is 4.68 Å². The van der Waals surface area contributed by atoms with E-state index in [2.05, 4.69) is 31.5 Å². The van der Waals surface area contributed by atoms with E-state index in [1.807, 2.05) is 0 Å². The number of nitrogens with two attached hydrogens (primary N) is 1. The van der Waals surface area contributed by atoms with Crippen molar-refractivity contribution >= 4 is 33.5 Å². The average molecular weight is 275 g/mol. The molecule has 0 fully saturated rings. The van der Waals surface area contributed by atoms with E-state index < -0.39 is 0 Å². The van der Waals surface area contributed by atoms with Crippen molar-refractivity contribution in [1.29, 1.82) is 0 Å². The number of halogens is 2. The van der Waals surface area contributed by atoms with Gasteiger partial charge in [0.2, 0.25) is 5.95 Å². The second-order valence-electron chi connectivity index (χ2n) is 2.54. The number of anilines is 1. The number of hydrogen-bond donors (Lipinski definition) is 1. The average Bonchev–Trinajstić information content (AvgIpc) is 2.52. The fraction of sp³-hybridized carbons (Fsp3) is 0. The number of nitrogen functional groups attached to an aromatic ring is 1. The summed E-state index contributed by atoms with van der Waals surface area (Å²) in [5, 5.41) is 11.4. The minimum Gasteiger partial charge on any atom is -0.366 e. The van der Waals surface area contributed by atoms with Crippen molar-refractivity contribution in [2.24, 2.45) is 0 Å². The summed E-state index contributed by atoms with van der Waals surface area (Å²) < 4.78 is 2.20. The smallest absolute Gasteiger partial charge is 0.245 e. The molecule has 0 saturated heterocycles. The van der Waals surface area contributed by atoms with E-state index in [9.17, 15) is 0 Å². The van der Waals surface area contributed by atoms with Crippen LogP contribution in [0.25, 0.3) is 5.69 Å². The number of rotatable bonds is 1. The van der Waals surface area contributed by atoms with E-state index in [-0.39, 0.29) is 5.95 Å². The Morgan fingerprint density at radius 1 is 1.43 bits per heavy atom. The molecule has 1 heterocycles. The molecule has 2 aromatic rings. The SMILES string of the molecule is Nc1nnnn1-c1ccc(Cl)cc1Br. The molecule has 1 aromatic heterocycles. The van der Waals surface area contributed by atoms with Crippen molar-refractivity contribution in [3.63, 3.8) is 0 Å². The van der Waals surface area contributed by atoms with Gasteiger partial charge in [0.25, 0.3) is 0 Å². The van der Waals surface area contributed by atoms with Crippen molar-refractivity contribution in [2.45, 2.75) is 0 Å². The van der Waals surface area contributed by atoms with Crippen LogP contribution < -0.4 is 5.73 Å². The highest BCUT2D eigenvalue weighted by Crippen LogP contribution is 2.24. The zero-order valence-electron chi connectivity index (χ0n) is 6.85. The van der Waals surface area contributed by atoms with Gasteiger partial charge < -0.3 is 5.73 Å². The van der Waals surface area contributed by atoms with E-state index in [0.29, 0.717) is 5.02 Å². The van der Waals surface area contributed by atoms with E-state index in [0.717, 1.165) is 10.2 Å². The zero-order chi connectivity index (χ0) is 10.1. The van der Waals surface area contributed by atoms with Crippen molar-refractivity contribution in [2.75, 3.05) is 5.73 Å². The summed E-state index contributed by atoms with van der Waals surface area (Å²) >= 11 is 9.14. The van der Waals surface area contributed by atoms with Gasteiger partial charge in [0.1, 0.15) is 0 Å². The van der Waals surface area contributed by atoms with Crippen molar-refractivity contribution in [3.05, 3.63) is 27.7 Å². The maximum absolute atomic E-state index is 5.80. The molecule has 5 nitrogen and oxygen atoms in total. The molecular weight excluding hydrogens is 269 g/mol. The lowest BCUT2D eigenvalue weighted by molar-refractivity contribution is 0.790. The number of tetrazole rings is 1. The Hall–Kier alpha value is -1.14. The van der Waals surface area contributed by atoms with Crippen LogP contribution in [0, 0.1) is 0 Å². The first-order valence-electron chi connectivity index (χ1n) is 3.68. The van der Waals surface area contributed by atoms with Crippen LogP contribution in [0.5, 0.6) is 0 Å². The number of nitrogens with zero attached hydrogens (tertiary/aromatic N) is 4. The molecule has 2 N–H and O–H groups in total. The largest absolute Gasteiger partial charge is 0.366 e. The van der Waals surface area contributed by atoms with Crippen molar-refractivity contribution in [1.82, 2.24) is 20.2 Å². The van der Waals surface area contributed by atoms with Gasteiger partial charge in [-0.2, -0.15) is 4.68 Å². The fourth-order valence-electron chi connectivity index (χ4n) is 1.02. The van der Waals surface area contributed by atoms with Crippen LogP contribution in [-0.4, -0.2) is 20.2 Å². The summed E-state index contributed by atoms with van der Waals surface area (Å²) in [5.74, 6) is 0.230. The maximum Gasteiger partial charge on any atom is 0.245 e.